The maximum Gasteiger partial charge on any atom is 0.119 e. The molecule has 2 nitrogen and oxygen atoms in total. The van der Waals surface area contributed by atoms with Gasteiger partial charge in [-0.15, -0.1) is 0 Å². The lowest BCUT2D eigenvalue weighted by Gasteiger charge is -2.06. The summed E-state index contributed by atoms with van der Waals surface area (Å²) >= 11 is 0. The number of hydrogen-bond donors (Lipinski definition) is 1. The minimum Gasteiger partial charge on any atom is -0.494 e. The summed E-state index contributed by atoms with van der Waals surface area (Å²) in [4.78, 5) is 0. The van der Waals surface area contributed by atoms with Crippen LogP contribution in [0.4, 0.5) is 0 Å². The highest BCUT2D eigenvalue weighted by atomic mass is 16.5. The van der Waals surface area contributed by atoms with Crippen LogP contribution < -0.4 is 10.5 Å². The zero-order valence-electron chi connectivity index (χ0n) is 9.57. The minimum absolute atomic E-state index is 0.673. The molecule has 0 aliphatic rings. The highest BCUT2D eigenvalue weighted by Gasteiger charge is 1.97. The summed E-state index contributed by atoms with van der Waals surface area (Å²) in [5.41, 5.74) is 6.69. The van der Waals surface area contributed by atoms with Gasteiger partial charge < -0.3 is 10.5 Å². The van der Waals surface area contributed by atoms with Crippen molar-refractivity contribution in [2.45, 2.75) is 13.3 Å². The second kappa shape index (κ2) is 4.99. The summed E-state index contributed by atoms with van der Waals surface area (Å²) in [5.74, 6) is 0.923. The maximum absolute atomic E-state index is 5.61. The summed E-state index contributed by atoms with van der Waals surface area (Å²) in [6.45, 7) is 3.46. The first kappa shape index (κ1) is 11.0. The van der Waals surface area contributed by atoms with Gasteiger partial charge in [-0.3, -0.25) is 0 Å². The van der Waals surface area contributed by atoms with Gasteiger partial charge in [-0.25, -0.2) is 0 Å². The Bertz CT molecular complexity index is 479. The van der Waals surface area contributed by atoms with Crippen molar-refractivity contribution in [3.05, 3.63) is 42.0 Å². The van der Waals surface area contributed by atoms with Crippen molar-refractivity contribution in [2.75, 3.05) is 13.2 Å². The molecule has 0 atom stereocenters. The molecule has 0 radical (unpaired) electrons. The Morgan fingerprint density at radius 1 is 1.06 bits per heavy atom. The van der Waals surface area contributed by atoms with E-state index in [4.69, 9.17) is 10.5 Å². The number of nitrogens with two attached hydrogens (primary N) is 1. The molecule has 0 unspecified atom stereocenters. The van der Waals surface area contributed by atoms with E-state index in [1.807, 2.05) is 6.07 Å². The molecular weight excluding hydrogens is 198 g/mol. The molecule has 0 bridgehead atoms. The van der Waals surface area contributed by atoms with Crippen LogP contribution in [0.25, 0.3) is 10.8 Å². The SMILES string of the molecule is Cc1ccc2ccc(OCCCN)cc2c1. The van der Waals surface area contributed by atoms with E-state index in [1.54, 1.807) is 0 Å². The van der Waals surface area contributed by atoms with Gasteiger partial charge in [-0.2, -0.15) is 0 Å². The third-order valence-corrected chi connectivity index (χ3v) is 2.58. The molecule has 2 aromatic rings. The standard InChI is InChI=1S/C14H17NO/c1-11-3-4-12-5-6-14(10-13(12)9-11)16-8-2-7-15/h3-6,9-10H,2,7-8,15H2,1H3. The minimum atomic E-state index is 0.673. The second-order valence-corrected chi connectivity index (χ2v) is 4.00. The van der Waals surface area contributed by atoms with Crippen molar-refractivity contribution < 1.29 is 4.74 Å². The van der Waals surface area contributed by atoms with Crippen LogP contribution in [0.15, 0.2) is 36.4 Å². The fraction of sp³-hybridized carbons (Fsp3) is 0.286. The van der Waals surface area contributed by atoms with E-state index in [2.05, 4.69) is 37.3 Å². The second-order valence-electron chi connectivity index (χ2n) is 4.00. The van der Waals surface area contributed by atoms with Gasteiger partial charge in [-0.1, -0.05) is 29.8 Å². The third kappa shape index (κ3) is 2.52. The van der Waals surface area contributed by atoms with Gasteiger partial charge in [0.25, 0.3) is 0 Å². The number of hydrogen-bond acceptors (Lipinski definition) is 2. The molecule has 2 aromatic carbocycles. The lowest BCUT2D eigenvalue weighted by Crippen LogP contribution is -2.05. The van der Waals surface area contributed by atoms with Gasteiger partial charge >= 0.3 is 0 Å². The van der Waals surface area contributed by atoms with Crippen LogP contribution in [0.1, 0.15) is 12.0 Å². The predicted octanol–water partition coefficient (Wildman–Crippen LogP) is 2.88. The monoisotopic (exact) mass is 215 g/mol. The van der Waals surface area contributed by atoms with Crippen LogP contribution >= 0.6 is 0 Å². The lowest BCUT2D eigenvalue weighted by atomic mass is 10.1. The van der Waals surface area contributed by atoms with Crippen LogP contribution in [0.5, 0.6) is 5.75 Å². The maximum atomic E-state index is 5.61. The van der Waals surface area contributed by atoms with E-state index in [1.165, 1.54) is 16.3 Å². The van der Waals surface area contributed by atoms with Gasteiger partial charge in [0, 0.05) is 0 Å². The molecule has 16 heavy (non-hydrogen) atoms. The predicted molar refractivity (Wildman–Crippen MR) is 67.9 cm³/mol. The van der Waals surface area contributed by atoms with E-state index < -0.39 is 0 Å². The normalized spacial score (nSPS) is 10.6. The van der Waals surface area contributed by atoms with Crippen LogP contribution in [0.2, 0.25) is 0 Å². The van der Waals surface area contributed by atoms with Gasteiger partial charge in [0.05, 0.1) is 6.61 Å². The molecule has 0 saturated heterocycles. The number of aryl methyl sites for hydroxylation is 1. The van der Waals surface area contributed by atoms with Crippen molar-refractivity contribution in [1.82, 2.24) is 0 Å². The van der Waals surface area contributed by atoms with Gasteiger partial charge in [0.15, 0.2) is 0 Å². The third-order valence-electron chi connectivity index (χ3n) is 2.58. The molecular formula is C14H17NO. The van der Waals surface area contributed by atoms with E-state index in [0.717, 1.165) is 12.2 Å². The van der Waals surface area contributed by atoms with Crippen LogP contribution in [-0.4, -0.2) is 13.2 Å². The Balaban J connectivity index is 2.21. The van der Waals surface area contributed by atoms with Crippen molar-refractivity contribution in [1.29, 1.82) is 0 Å². The highest BCUT2D eigenvalue weighted by Crippen LogP contribution is 2.21. The first-order chi connectivity index (χ1) is 7.79. The van der Waals surface area contributed by atoms with E-state index in [-0.39, 0.29) is 0 Å². The summed E-state index contributed by atoms with van der Waals surface area (Å²) in [7, 11) is 0. The summed E-state index contributed by atoms with van der Waals surface area (Å²) in [6.07, 6.45) is 0.895. The summed E-state index contributed by atoms with van der Waals surface area (Å²) in [6, 6.07) is 12.6. The molecule has 2 rings (SSSR count). The first-order valence-corrected chi connectivity index (χ1v) is 5.63. The molecule has 0 aliphatic carbocycles. The zero-order valence-corrected chi connectivity index (χ0v) is 9.57. The van der Waals surface area contributed by atoms with Crippen molar-refractivity contribution in [3.8, 4) is 5.75 Å². The quantitative estimate of drug-likeness (QED) is 0.796. The highest BCUT2D eigenvalue weighted by molar-refractivity contribution is 5.84. The Morgan fingerprint density at radius 3 is 2.69 bits per heavy atom. The van der Waals surface area contributed by atoms with E-state index >= 15 is 0 Å². The Morgan fingerprint density at radius 2 is 1.88 bits per heavy atom. The Hall–Kier alpha value is -1.54. The van der Waals surface area contributed by atoms with Crippen molar-refractivity contribution >= 4 is 10.8 Å². The largest absolute Gasteiger partial charge is 0.494 e. The fourth-order valence-electron chi connectivity index (χ4n) is 1.71. The van der Waals surface area contributed by atoms with E-state index in [9.17, 15) is 0 Å². The fourth-order valence-corrected chi connectivity index (χ4v) is 1.71. The molecule has 0 heterocycles. The Labute approximate surface area is 96.0 Å². The average Bonchev–Trinajstić information content (AvgIpc) is 2.29. The van der Waals surface area contributed by atoms with Crippen LogP contribution in [0.3, 0.4) is 0 Å². The summed E-state index contributed by atoms with van der Waals surface area (Å²) < 4.78 is 5.61. The van der Waals surface area contributed by atoms with E-state index in [0.29, 0.717) is 13.2 Å². The van der Waals surface area contributed by atoms with Crippen LogP contribution in [0, 0.1) is 6.92 Å². The van der Waals surface area contributed by atoms with Gasteiger partial charge in [0.2, 0.25) is 0 Å². The molecule has 84 valence electrons. The van der Waals surface area contributed by atoms with Crippen molar-refractivity contribution in [2.24, 2.45) is 5.73 Å². The molecule has 0 fully saturated rings. The number of fused-ring (bicyclic) bond motifs is 1. The Kier molecular flexibility index (Phi) is 3.42. The number of ether oxygens (including phenoxy) is 1. The molecule has 0 amide bonds. The molecule has 0 spiro atoms. The lowest BCUT2D eigenvalue weighted by molar-refractivity contribution is 0.314. The molecule has 2 N–H and O–H groups in total. The summed E-state index contributed by atoms with van der Waals surface area (Å²) in [5, 5.41) is 2.47. The number of benzene rings is 2. The van der Waals surface area contributed by atoms with Crippen molar-refractivity contribution in [3.63, 3.8) is 0 Å². The molecule has 0 saturated carbocycles. The molecule has 2 heteroatoms. The smallest absolute Gasteiger partial charge is 0.119 e. The zero-order chi connectivity index (χ0) is 11.4. The first-order valence-electron chi connectivity index (χ1n) is 5.63. The average molecular weight is 215 g/mol. The van der Waals surface area contributed by atoms with Gasteiger partial charge in [0.1, 0.15) is 5.75 Å². The van der Waals surface area contributed by atoms with Crippen LogP contribution in [-0.2, 0) is 0 Å². The molecule has 0 aromatic heterocycles. The van der Waals surface area contributed by atoms with Gasteiger partial charge in [-0.05, 0) is 42.8 Å². The number of rotatable bonds is 4. The topological polar surface area (TPSA) is 35.2 Å². The molecule has 0 aliphatic heterocycles.